The third-order valence-electron chi connectivity index (χ3n) is 4.94. The minimum atomic E-state index is -4.29. The van der Waals surface area contributed by atoms with Gasteiger partial charge in [0.1, 0.15) is 11.9 Å². The maximum absolute atomic E-state index is 12.6. The molecule has 1 heterocycles. The van der Waals surface area contributed by atoms with Gasteiger partial charge in [-0.15, -0.1) is 0 Å². The van der Waals surface area contributed by atoms with Gasteiger partial charge in [0.25, 0.3) is 0 Å². The van der Waals surface area contributed by atoms with Crippen molar-refractivity contribution in [2.45, 2.75) is 31.7 Å². The molecular formula is C21H23Cl2F3N2O. The Bertz CT molecular complexity index is 792. The second-order valence-corrected chi connectivity index (χ2v) is 7.92. The van der Waals surface area contributed by atoms with Crippen LogP contribution in [0.15, 0.2) is 42.5 Å². The zero-order chi connectivity index (χ0) is 20.9. The molecule has 2 aromatic rings. The summed E-state index contributed by atoms with van der Waals surface area (Å²) in [5.74, 6) is 0.732. The molecule has 1 fully saturated rings. The minimum absolute atomic E-state index is 0.156. The van der Waals surface area contributed by atoms with Crippen LogP contribution in [-0.2, 0) is 12.7 Å². The van der Waals surface area contributed by atoms with Gasteiger partial charge in [0, 0.05) is 38.8 Å². The van der Waals surface area contributed by atoms with Gasteiger partial charge >= 0.3 is 6.18 Å². The number of likely N-dealkylation sites (tertiary alicyclic amines) is 1. The smallest absolute Gasteiger partial charge is 0.416 e. The monoisotopic (exact) mass is 446 g/mol. The van der Waals surface area contributed by atoms with Gasteiger partial charge in [-0.25, -0.2) is 0 Å². The number of nitrogens with zero attached hydrogens (tertiary/aromatic N) is 1. The maximum Gasteiger partial charge on any atom is 0.416 e. The maximum atomic E-state index is 12.6. The molecule has 1 N–H and O–H groups in total. The van der Waals surface area contributed by atoms with E-state index in [1.165, 1.54) is 12.1 Å². The first-order valence-electron chi connectivity index (χ1n) is 9.52. The summed E-state index contributed by atoms with van der Waals surface area (Å²) in [4.78, 5) is 2.36. The third-order valence-corrected chi connectivity index (χ3v) is 5.68. The number of benzene rings is 2. The van der Waals surface area contributed by atoms with Gasteiger partial charge in [0.15, 0.2) is 0 Å². The van der Waals surface area contributed by atoms with Crippen LogP contribution in [0.3, 0.4) is 0 Å². The van der Waals surface area contributed by atoms with Crippen molar-refractivity contribution in [3.8, 4) is 5.75 Å². The molecule has 0 aliphatic carbocycles. The van der Waals surface area contributed by atoms with E-state index in [0.29, 0.717) is 16.6 Å². The van der Waals surface area contributed by atoms with E-state index in [1.54, 1.807) is 12.1 Å². The normalized spacial score (nSPS) is 16.2. The van der Waals surface area contributed by atoms with Crippen LogP contribution >= 0.6 is 23.2 Å². The van der Waals surface area contributed by atoms with E-state index in [2.05, 4.69) is 10.2 Å². The molecule has 3 nitrogen and oxygen atoms in total. The highest BCUT2D eigenvalue weighted by Gasteiger charge is 2.29. The summed E-state index contributed by atoms with van der Waals surface area (Å²) in [5, 5.41) is 4.29. The molecule has 29 heavy (non-hydrogen) atoms. The van der Waals surface area contributed by atoms with Gasteiger partial charge in [0.05, 0.1) is 15.6 Å². The lowest BCUT2D eigenvalue weighted by Gasteiger charge is -2.32. The first-order chi connectivity index (χ1) is 13.8. The number of ether oxygens (including phenoxy) is 1. The fourth-order valence-corrected chi connectivity index (χ4v) is 3.56. The highest BCUT2D eigenvalue weighted by atomic mass is 35.5. The van der Waals surface area contributed by atoms with Crippen molar-refractivity contribution in [3.63, 3.8) is 0 Å². The SMILES string of the molecule is FC(F)(F)c1ccc(CNCCN2CCC(Oc3ccc(Cl)c(Cl)c3)CC2)cc1. The average molecular weight is 447 g/mol. The second kappa shape index (κ2) is 10.0. The highest BCUT2D eigenvalue weighted by Crippen LogP contribution is 2.29. The molecule has 1 aliphatic heterocycles. The molecule has 0 atom stereocenters. The average Bonchev–Trinajstić information content (AvgIpc) is 2.69. The minimum Gasteiger partial charge on any atom is -0.490 e. The van der Waals surface area contributed by atoms with Gasteiger partial charge in [-0.05, 0) is 42.7 Å². The molecule has 8 heteroatoms. The zero-order valence-electron chi connectivity index (χ0n) is 15.8. The predicted molar refractivity (Wildman–Crippen MR) is 110 cm³/mol. The molecule has 0 amide bonds. The number of alkyl halides is 3. The fraction of sp³-hybridized carbons (Fsp3) is 0.429. The second-order valence-electron chi connectivity index (χ2n) is 7.11. The van der Waals surface area contributed by atoms with Crippen molar-refractivity contribution in [2.24, 2.45) is 0 Å². The Kier molecular flexibility index (Phi) is 7.68. The largest absolute Gasteiger partial charge is 0.490 e. The number of rotatable bonds is 7. The molecule has 0 aromatic heterocycles. The molecule has 1 aliphatic rings. The summed E-state index contributed by atoms with van der Waals surface area (Å²) in [6.07, 6.45) is -2.27. The quantitative estimate of drug-likeness (QED) is 0.556. The number of hydrogen-bond donors (Lipinski definition) is 1. The lowest BCUT2D eigenvalue weighted by molar-refractivity contribution is -0.137. The molecule has 0 unspecified atom stereocenters. The van der Waals surface area contributed by atoms with E-state index in [1.807, 2.05) is 6.07 Å². The molecule has 0 spiro atoms. The topological polar surface area (TPSA) is 24.5 Å². The van der Waals surface area contributed by atoms with Crippen LogP contribution in [0.5, 0.6) is 5.75 Å². The third kappa shape index (κ3) is 6.78. The van der Waals surface area contributed by atoms with Crippen LogP contribution < -0.4 is 10.1 Å². The predicted octanol–water partition coefficient (Wildman–Crippen LogP) is 5.65. The lowest BCUT2D eigenvalue weighted by Crippen LogP contribution is -2.41. The summed E-state index contributed by atoms with van der Waals surface area (Å²) < 4.78 is 43.7. The molecule has 2 aromatic carbocycles. The van der Waals surface area contributed by atoms with Crippen LogP contribution in [0.1, 0.15) is 24.0 Å². The van der Waals surface area contributed by atoms with Crippen molar-refractivity contribution in [2.75, 3.05) is 26.2 Å². The number of halogens is 5. The Morgan fingerprint density at radius 1 is 1.00 bits per heavy atom. The molecule has 0 bridgehead atoms. The standard InChI is InChI=1S/C21H23Cl2F3N2O/c22-19-6-5-18(13-20(19)23)29-17-7-10-28(11-8-17)12-9-27-14-15-1-3-16(4-2-15)21(24,25)26/h1-6,13,17,27H,7-12,14H2. The van der Waals surface area contributed by atoms with Crippen LogP contribution in [0.2, 0.25) is 10.0 Å². The van der Waals surface area contributed by atoms with Crippen LogP contribution in [0, 0.1) is 0 Å². The molecule has 158 valence electrons. The molecule has 3 rings (SSSR count). The molecule has 0 radical (unpaired) electrons. The Morgan fingerprint density at radius 2 is 1.69 bits per heavy atom. The lowest BCUT2D eigenvalue weighted by atomic mass is 10.1. The van der Waals surface area contributed by atoms with Crippen molar-refractivity contribution in [3.05, 3.63) is 63.6 Å². The molecular weight excluding hydrogens is 424 g/mol. The number of hydrogen-bond acceptors (Lipinski definition) is 3. The number of piperidine rings is 1. The summed E-state index contributed by atoms with van der Waals surface area (Å²) in [6, 6.07) is 10.6. The molecule has 0 saturated carbocycles. The van der Waals surface area contributed by atoms with Crippen LogP contribution in [-0.4, -0.2) is 37.2 Å². The van der Waals surface area contributed by atoms with Crippen molar-refractivity contribution in [1.29, 1.82) is 0 Å². The Balaban J connectivity index is 1.33. The summed E-state index contributed by atoms with van der Waals surface area (Å²) >= 11 is 11.9. The van der Waals surface area contributed by atoms with E-state index in [0.717, 1.165) is 62.5 Å². The number of nitrogens with one attached hydrogen (secondary N) is 1. The summed E-state index contributed by atoms with van der Waals surface area (Å²) in [6.45, 7) is 4.09. The summed E-state index contributed by atoms with van der Waals surface area (Å²) in [7, 11) is 0. The van der Waals surface area contributed by atoms with E-state index in [4.69, 9.17) is 27.9 Å². The van der Waals surface area contributed by atoms with Gasteiger partial charge in [-0.3, -0.25) is 0 Å². The van der Waals surface area contributed by atoms with E-state index in [9.17, 15) is 13.2 Å². The van der Waals surface area contributed by atoms with Gasteiger partial charge in [-0.1, -0.05) is 35.3 Å². The van der Waals surface area contributed by atoms with Crippen LogP contribution in [0.25, 0.3) is 0 Å². The highest BCUT2D eigenvalue weighted by molar-refractivity contribution is 6.42. The van der Waals surface area contributed by atoms with E-state index < -0.39 is 11.7 Å². The Morgan fingerprint density at radius 3 is 2.31 bits per heavy atom. The van der Waals surface area contributed by atoms with E-state index in [-0.39, 0.29) is 6.10 Å². The van der Waals surface area contributed by atoms with Crippen molar-refractivity contribution >= 4 is 23.2 Å². The Hall–Kier alpha value is -1.47. The van der Waals surface area contributed by atoms with Gasteiger partial charge < -0.3 is 15.0 Å². The van der Waals surface area contributed by atoms with Crippen LogP contribution in [0.4, 0.5) is 13.2 Å². The van der Waals surface area contributed by atoms with Gasteiger partial charge in [0.2, 0.25) is 0 Å². The Labute approximate surface area is 178 Å². The fourth-order valence-electron chi connectivity index (χ4n) is 3.27. The van der Waals surface area contributed by atoms with E-state index >= 15 is 0 Å². The summed E-state index contributed by atoms with van der Waals surface area (Å²) in [5.41, 5.74) is 0.221. The zero-order valence-corrected chi connectivity index (χ0v) is 17.3. The first-order valence-corrected chi connectivity index (χ1v) is 10.3. The van der Waals surface area contributed by atoms with Gasteiger partial charge in [-0.2, -0.15) is 13.2 Å². The van der Waals surface area contributed by atoms with Crippen molar-refractivity contribution in [1.82, 2.24) is 10.2 Å². The molecule has 1 saturated heterocycles. The van der Waals surface area contributed by atoms with Crippen molar-refractivity contribution < 1.29 is 17.9 Å². The first kappa shape index (κ1) is 22.2.